The highest BCUT2D eigenvalue weighted by atomic mass is 28.3. The number of aromatic nitrogens is 11. The fourth-order valence-corrected chi connectivity index (χ4v) is 29.2. The summed E-state index contributed by atoms with van der Waals surface area (Å²) in [4.78, 5) is 59.9. The average Bonchev–Trinajstić information content (AvgIpc) is 1.56. The van der Waals surface area contributed by atoms with E-state index in [4.69, 9.17) is 54.8 Å². The van der Waals surface area contributed by atoms with Gasteiger partial charge in [-0.2, -0.15) is 0 Å². The Labute approximate surface area is 769 Å². The van der Waals surface area contributed by atoms with E-state index in [1.54, 1.807) is 0 Å². The summed E-state index contributed by atoms with van der Waals surface area (Å²) in [6, 6.07) is 114. The highest BCUT2D eigenvalue weighted by Gasteiger charge is 2.43. The molecule has 15 heteroatoms. The molecular formula is C116H96N12Si3. The van der Waals surface area contributed by atoms with E-state index in [2.05, 4.69) is 399 Å². The number of rotatable bonds is 21. The summed E-state index contributed by atoms with van der Waals surface area (Å²) in [5.41, 5.74) is 34.6. The Balaban J connectivity index is 0.611. The molecule has 0 radical (unpaired) electrons. The summed E-state index contributed by atoms with van der Waals surface area (Å²) in [7, 11) is -6.69. The first kappa shape index (κ1) is 81.8. The molecule has 0 aliphatic carbocycles. The zero-order chi connectivity index (χ0) is 88.6. The zero-order valence-electron chi connectivity index (χ0n) is 74.6. The first-order valence-corrected chi connectivity index (χ1v) is 54.0. The van der Waals surface area contributed by atoms with E-state index in [0.29, 0.717) is 36.9 Å². The van der Waals surface area contributed by atoms with Gasteiger partial charge in [0.25, 0.3) is 0 Å². The number of dihydropyridines is 1. The van der Waals surface area contributed by atoms with Crippen LogP contribution in [0.4, 0.5) is 0 Å². The van der Waals surface area contributed by atoms with Gasteiger partial charge in [-0.05, 0) is 116 Å². The summed E-state index contributed by atoms with van der Waals surface area (Å²) >= 11 is 0. The number of hydrogen-bond acceptors (Lipinski definition) is 12. The number of pyridine rings is 5. The lowest BCUT2D eigenvalue weighted by atomic mass is 9.89. The normalized spacial score (nSPS) is 14.8. The first-order chi connectivity index (χ1) is 64.1. The van der Waals surface area contributed by atoms with Crippen LogP contribution < -0.4 is 31.3 Å². The maximum Gasteiger partial charge on any atom is 0.160 e. The number of fused-ring (bicyclic) bond motifs is 8. The largest absolute Gasteiger partial charge is 0.384 e. The van der Waals surface area contributed by atoms with E-state index in [9.17, 15) is 0 Å². The molecule has 12 nitrogen and oxygen atoms in total. The molecule has 22 rings (SSSR count). The van der Waals surface area contributed by atoms with Gasteiger partial charge in [0.05, 0.1) is 51.2 Å². The van der Waals surface area contributed by atoms with E-state index < -0.39 is 24.9 Å². The molecule has 0 saturated heterocycles. The summed E-state index contributed by atoms with van der Waals surface area (Å²) < 4.78 is 0. The van der Waals surface area contributed by atoms with E-state index in [0.717, 1.165) is 164 Å². The van der Waals surface area contributed by atoms with Crippen molar-refractivity contribution in [2.75, 3.05) is 6.54 Å². The number of nitrogens with one attached hydrogen (secondary N) is 1. The van der Waals surface area contributed by atoms with E-state index in [-0.39, 0.29) is 17.8 Å². The molecule has 0 bridgehead atoms. The van der Waals surface area contributed by atoms with E-state index in [1.807, 2.05) is 18.2 Å². The molecule has 1 N–H and O–H groups in total. The smallest absolute Gasteiger partial charge is 0.160 e. The van der Waals surface area contributed by atoms with Crippen molar-refractivity contribution in [1.82, 2.24) is 60.1 Å². The van der Waals surface area contributed by atoms with Crippen molar-refractivity contribution in [3.63, 3.8) is 0 Å². The Morgan fingerprint density at radius 3 is 0.939 bits per heavy atom. The molecule has 4 atom stereocenters. The molecule has 0 spiro atoms. The van der Waals surface area contributed by atoms with Crippen LogP contribution in [0, 0.1) is 5.92 Å². The molecule has 4 aliphatic heterocycles. The fourth-order valence-electron chi connectivity index (χ4n) is 20.4. The third-order valence-electron chi connectivity index (χ3n) is 27.5. The maximum absolute atomic E-state index is 5.55. The Morgan fingerprint density at radius 1 is 0.290 bits per heavy atom. The monoisotopic (exact) mass is 1740 g/mol. The molecule has 131 heavy (non-hydrogen) atoms. The molecule has 10 aromatic carbocycles. The van der Waals surface area contributed by atoms with Gasteiger partial charge in [-0.15, -0.1) is 0 Å². The van der Waals surface area contributed by atoms with Crippen molar-refractivity contribution in [1.29, 1.82) is 0 Å². The second kappa shape index (κ2) is 34.0. The molecule has 4 aliphatic rings. The van der Waals surface area contributed by atoms with Crippen LogP contribution in [-0.2, 0) is 19.3 Å². The number of nitrogens with zero attached hydrogens (tertiary/aromatic N) is 11. The predicted octanol–water partition coefficient (Wildman–Crippen LogP) is 23.1. The summed E-state index contributed by atoms with van der Waals surface area (Å²) in [6.07, 6.45) is 15.3. The second-order valence-electron chi connectivity index (χ2n) is 36.6. The zero-order valence-corrected chi connectivity index (χ0v) is 77.8. The molecular weight excluding hydrogens is 1650 g/mol. The Bertz CT molecular complexity index is 7350. The second-order valence-corrected chi connectivity index (χ2v) is 48.0. The van der Waals surface area contributed by atoms with Gasteiger partial charge in [-0.25, -0.2) is 29.9 Å². The third-order valence-corrected chi connectivity index (χ3v) is 37.4. The minimum absolute atomic E-state index is 0.0142. The van der Waals surface area contributed by atoms with Crippen LogP contribution >= 0.6 is 0 Å². The van der Waals surface area contributed by atoms with Crippen molar-refractivity contribution >= 4 is 56.5 Å². The van der Waals surface area contributed by atoms with Gasteiger partial charge in [0.2, 0.25) is 0 Å². The van der Waals surface area contributed by atoms with Gasteiger partial charge in [0.15, 0.2) is 17.5 Å². The van der Waals surface area contributed by atoms with Crippen molar-refractivity contribution in [3.8, 4) is 158 Å². The molecule has 12 heterocycles. The number of hydrogen-bond donors (Lipinski definition) is 1. The highest BCUT2D eigenvalue weighted by Crippen LogP contribution is 2.45. The highest BCUT2D eigenvalue weighted by molar-refractivity contribution is 7.04. The van der Waals surface area contributed by atoms with Crippen molar-refractivity contribution in [2.24, 2.45) is 5.92 Å². The van der Waals surface area contributed by atoms with Crippen LogP contribution in [0.2, 0.25) is 32.7 Å². The molecule has 632 valence electrons. The Kier molecular flexibility index (Phi) is 21.2. The third kappa shape index (κ3) is 15.2. The lowest BCUT2D eigenvalue weighted by Gasteiger charge is -2.28. The van der Waals surface area contributed by atoms with Gasteiger partial charge in [0.1, 0.15) is 24.9 Å². The molecule has 0 fully saturated rings. The molecule has 0 saturated carbocycles. The van der Waals surface area contributed by atoms with E-state index >= 15 is 0 Å². The minimum Gasteiger partial charge on any atom is -0.384 e. The van der Waals surface area contributed by atoms with Crippen LogP contribution in [0.5, 0.6) is 0 Å². The lowest BCUT2D eigenvalue weighted by molar-refractivity contribution is 0.616. The van der Waals surface area contributed by atoms with Crippen LogP contribution in [-0.4, -0.2) is 86.3 Å². The molecule has 8 aromatic heterocycles. The average molecular weight is 1740 g/mol. The number of benzene rings is 10. The standard InChI is InChI=1S/C116H96N12Si3/c1-72(54-87-108(75-36-18-9-19-37-75)123-114(81-48-30-15-31-49-81)124-109(87)76-38-20-10-21-39-76)96-60-102-90(66-117-96)91-67-120-99(61-103(91)129(102)4)84-57-85(100-64-106-94(70-121-100)92-68-118-97(62-104(92)130(106,5)6)73(2)55-88-110(77-40-22-11-23-41-77)125-115(82-50-32-16-33-51-82)126-111(88)78-42-24-12-25-43-78)59-86(58-84)101-65-107-95(71-122-101)93-69-119-98(63-105(93)131(107,7)8)74(3)56-89-112(79-44-26-13-27-45-79)127-116(83-52-34-17-35-53-83)128-113(89)80-46-28-14-29-47-80/h9-53,57-68,70-74,119,129H,54-56,69H2,1-8H3. The molecule has 0 amide bonds. The molecule has 18 aromatic rings. The van der Waals surface area contributed by atoms with Crippen molar-refractivity contribution < 1.29 is 0 Å². The van der Waals surface area contributed by atoms with Crippen LogP contribution in [0.25, 0.3) is 163 Å². The number of allylic oxidation sites excluding steroid dienone is 3. The summed E-state index contributed by atoms with van der Waals surface area (Å²) in [6.45, 7) is 20.2. The van der Waals surface area contributed by atoms with Crippen LogP contribution in [0.3, 0.4) is 0 Å². The van der Waals surface area contributed by atoms with E-state index in [1.165, 1.54) is 59.1 Å². The Hall–Kier alpha value is -14.9. The first-order valence-electron chi connectivity index (χ1n) is 45.7. The minimum atomic E-state index is -2.45. The quantitative estimate of drug-likeness (QED) is 0.0681. The predicted molar refractivity (Wildman–Crippen MR) is 544 cm³/mol. The lowest BCUT2D eigenvalue weighted by Crippen LogP contribution is -2.49. The van der Waals surface area contributed by atoms with Crippen molar-refractivity contribution in [2.45, 2.75) is 84.6 Å². The SMILES string of the molecule is CC(Cc1c(-c2ccccc2)nc(-c2ccccc2)nc1-c1ccccc1)C1=CC2=C(CN1)c1cnc(-c3cc(-c4cc5c(cn4)-c4cnc(C(C)Cc6c(-c7ccccc7)nc(-c7ccccc7)nc6-c6ccccc6)cc4[SiH]5C)cc(-c4cc5c(cn4)-c4cnc(C(C)Cc6c(-c7ccccc7)nc(-c7ccccc7)nc6-c6ccccc6)cc4[Si]5(C)C)c3)cc1[Si]2(C)C. The maximum atomic E-state index is 5.55. The van der Waals surface area contributed by atoms with Crippen molar-refractivity contribution in [3.05, 3.63) is 403 Å². The summed E-state index contributed by atoms with van der Waals surface area (Å²) in [5, 5.41) is 12.3. The van der Waals surface area contributed by atoms with Gasteiger partial charge >= 0.3 is 0 Å². The van der Waals surface area contributed by atoms with Gasteiger partial charge in [-0.3, -0.25) is 24.9 Å². The van der Waals surface area contributed by atoms with Gasteiger partial charge < -0.3 is 5.32 Å². The fraction of sp³-hybridized carbons (Fsp3) is 0.129. The Morgan fingerprint density at radius 2 is 0.573 bits per heavy atom. The molecule has 4 unspecified atom stereocenters. The summed E-state index contributed by atoms with van der Waals surface area (Å²) in [5.74, 6) is 2.26. The topological polar surface area (TPSA) is 154 Å². The van der Waals surface area contributed by atoms with Crippen LogP contribution in [0.15, 0.2) is 369 Å². The van der Waals surface area contributed by atoms with Crippen LogP contribution in [0.1, 0.15) is 66.2 Å². The van der Waals surface area contributed by atoms with Gasteiger partial charge in [0, 0.05) is 178 Å². The van der Waals surface area contributed by atoms with Gasteiger partial charge in [-0.1, -0.05) is 326 Å².